The van der Waals surface area contributed by atoms with Crippen LogP contribution in [0.1, 0.15) is 18.9 Å². The third kappa shape index (κ3) is 4.06. The van der Waals surface area contributed by atoms with Crippen molar-refractivity contribution in [3.8, 4) is 0 Å². The zero-order valence-electron chi connectivity index (χ0n) is 16.3. The second-order valence-corrected chi connectivity index (χ2v) is 8.17. The average molecular weight is 442 g/mol. The molecule has 1 N–H and O–H groups in total. The Bertz CT molecular complexity index is 1270. The number of thioether (sulfide) groups is 1. The van der Waals surface area contributed by atoms with Crippen LogP contribution in [0.3, 0.4) is 0 Å². The van der Waals surface area contributed by atoms with E-state index in [4.69, 9.17) is 11.6 Å². The van der Waals surface area contributed by atoms with Crippen LogP contribution in [0.4, 0.5) is 0 Å². The molecule has 0 aliphatic heterocycles. The van der Waals surface area contributed by atoms with Crippen molar-refractivity contribution >= 4 is 46.0 Å². The van der Waals surface area contributed by atoms with Crippen LogP contribution in [0.5, 0.6) is 0 Å². The standard InChI is InChI=1S/C21H20ClN5O2S/c1-2-10-26-19(29)16-11-15(22)8-9-17(16)27-20(26)24-25-21(27)30-13-18(28)23-12-14-6-4-3-5-7-14/h3-9,11H,2,10,12-13H2,1H3,(H,23,28). The number of carbonyl (C=O) groups is 1. The second kappa shape index (κ2) is 8.89. The van der Waals surface area contributed by atoms with E-state index in [1.165, 1.54) is 11.8 Å². The normalized spacial score (nSPS) is 11.3. The molecule has 0 saturated heterocycles. The fourth-order valence-corrected chi connectivity index (χ4v) is 4.20. The zero-order chi connectivity index (χ0) is 21.1. The summed E-state index contributed by atoms with van der Waals surface area (Å²) in [7, 11) is 0. The molecule has 0 saturated carbocycles. The Labute approximate surface area is 182 Å². The van der Waals surface area contributed by atoms with Gasteiger partial charge in [-0.2, -0.15) is 0 Å². The van der Waals surface area contributed by atoms with Gasteiger partial charge in [0.2, 0.25) is 11.7 Å². The van der Waals surface area contributed by atoms with E-state index in [0.717, 1.165) is 12.0 Å². The molecule has 0 bridgehead atoms. The molecule has 0 aliphatic rings. The molecule has 30 heavy (non-hydrogen) atoms. The Morgan fingerprint density at radius 3 is 2.73 bits per heavy atom. The first-order valence-corrected chi connectivity index (χ1v) is 11.0. The minimum absolute atomic E-state index is 0.102. The highest BCUT2D eigenvalue weighted by molar-refractivity contribution is 7.99. The van der Waals surface area contributed by atoms with Crippen molar-refractivity contribution in [1.29, 1.82) is 0 Å². The van der Waals surface area contributed by atoms with Crippen LogP contribution >= 0.6 is 23.4 Å². The zero-order valence-corrected chi connectivity index (χ0v) is 17.9. The van der Waals surface area contributed by atoms with Gasteiger partial charge in [-0.1, -0.05) is 60.6 Å². The van der Waals surface area contributed by atoms with E-state index in [0.29, 0.717) is 39.9 Å². The van der Waals surface area contributed by atoms with Gasteiger partial charge in [0, 0.05) is 18.1 Å². The Balaban J connectivity index is 1.62. The van der Waals surface area contributed by atoms with E-state index in [1.807, 2.05) is 41.7 Å². The number of hydrogen-bond donors (Lipinski definition) is 1. The molecule has 9 heteroatoms. The molecule has 0 unspecified atom stereocenters. The molecular weight excluding hydrogens is 422 g/mol. The number of aryl methyl sites for hydroxylation is 1. The van der Waals surface area contributed by atoms with Crippen molar-refractivity contribution in [2.24, 2.45) is 0 Å². The number of aromatic nitrogens is 4. The summed E-state index contributed by atoms with van der Waals surface area (Å²) in [6.45, 7) is 2.98. The van der Waals surface area contributed by atoms with Crippen LogP contribution in [-0.4, -0.2) is 30.8 Å². The molecule has 154 valence electrons. The summed E-state index contributed by atoms with van der Waals surface area (Å²) in [5.41, 5.74) is 1.56. The van der Waals surface area contributed by atoms with Crippen LogP contribution in [0.15, 0.2) is 58.5 Å². The Hall–Kier alpha value is -2.84. The Kier molecular flexibility index (Phi) is 6.06. The SMILES string of the molecule is CCCn1c(=O)c2cc(Cl)ccc2n2c(SCC(=O)NCc3ccccc3)nnc12. The number of amides is 1. The monoisotopic (exact) mass is 441 g/mol. The highest BCUT2D eigenvalue weighted by Crippen LogP contribution is 2.23. The minimum atomic E-state index is -0.147. The predicted molar refractivity (Wildman–Crippen MR) is 119 cm³/mol. The molecule has 2 aromatic heterocycles. The van der Waals surface area contributed by atoms with E-state index < -0.39 is 0 Å². The average Bonchev–Trinajstić information content (AvgIpc) is 3.18. The first kappa shape index (κ1) is 20.4. The summed E-state index contributed by atoms with van der Waals surface area (Å²) in [6, 6.07) is 14.9. The van der Waals surface area contributed by atoms with Gasteiger partial charge >= 0.3 is 0 Å². The van der Waals surface area contributed by atoms with Crippen molar-refractivity contribution in [3.05, 3.63) is 69.5 Å². The number of fused-ring (bicyclic) bond motifs is 3. The van der Waals surface area contributed by atoms with Crippen LogP contribution in [0, 0.1) is 0 Å². The number of carbonyl (C=O) groups excluding carboxylic acids is 1. The van der Waals surface area contributed by atoms with Crippen molar-refractivity contribution in [1.82, 2.24) is 24.5 Å². The highest BCUT2D eigenvalue weighted by atomic mass is 35.5. The minimum Gasteiger partial charge on any atom is -0.351 e. The van der Waals surface area contributed by atoms with Crippen LogP contribution in [-0.2, 0) is 17.9 Å². The summed E-state index contributed by atoms with van der Waals surface area (Å²) in [5.74, 6) is 0.550. The number of halogens is 1. The maximum Gasteiger partial charge on any atom is 0.262 e. The van der Waals surface area contributed by atoms with Gasteiger partial charge in [0.1, 0.15) is 0 Å². The smallest absolute Gasteiger partial charge is 0.262 e. The largest absolute Gasteiger partial charge is 0.351 e. The van der Waals surface area contributed by atoms with E-state index in [-0.39, 0.29) is 17.2 Å². The molecule has 0 aliphatic carbocycles. The van der Waals surface area contributed by atoms with E-state index >= 15 is 0 Å². The quantitative estimate of drug-likeness (QED) is 0.444. The molecule has 0 spiro atoms. The van der Waals surface area contributed by atoms with Crippen LogP contribution in [0.25, 0.3) is 16.7 Å². The third-order valence-corrected chi connectivity index (χ3v) is 5.81. The van der Waals surface area contributed by atoms with Gasteiger partial charge in [0.05, 0.1) is 16.7 Å². The lowest BCUT2D eigenvalue weighted by molar-refractivity contribution is -0.118. The van der Waals surface area contributed by atoms with Crippen LogP contribution in [0.2, 0.25) is 5.02 Å². The molecule has 0 atom stereocenters. The van der Waals surface area contributed by atoms with Crippen molar-refractivity contribution in [2.75, 3.05) is 5.75 Å². The molecule has 0 fully saturated rings. The third-order valence-electron chi connectivity index (χ3n) is 4.64. The summed E-state index contributed by atoms with van der Waals surface area (Å²) in [4.78, 5) is 25.2. The predicted octanol–water partition coefficient (Wildman–Crippen LogP) is 3.52. The number of hydrogen-bond acceptors (Lipinski definition) is 5. The molecule has 7 nitrogen and oxygen atoms in total. The van der Waals surface area contributed by atoms with Gasteiger partial charge in [-0.05, 0) is 30.2 Å². The summed E-state index contributed by atoms with van der Waals surface area (Å²) >= 11 is 7.41. The lowest BCUT2D eigenvalue weighted by Gasteiger charge is -2.10. The summed E-state index contributed by atoms with van der Waals surface area (Å²) in [6.07, 6.45) is 0.777. The lowest BCUT2D eigenvalue weighted by atomic mass is 10.2. The van der Waals surface area contributed by atoms with Gasteiger partial charge in [-0.15, -0.1) is 10.2 Å². The number of nitrogens with one attached hydrogen (secondary N) is 1. The molecule has 2 heterocycles. The number of nitrogens with zero attached hydrogens (tertiary/aromatic N) is 4. The molecular formula is C21H20ClN5O2S. The second-order valence-electron chi connectivity index (χ2n) is 6.79. The number of rotatable bonds is 7. The highest BCUT2D eigenvalue weighted by Gasteiger charge is 2.17. The summed E-state index contributed by atoms with van der Waals surface area (Å²) in [5, 5.41) is 12.9. The first-order chi connectivity index (χ1) is 14.6. The number of benzene rings is 2. The lowest BCUT2D eigenvalue weighted by Crippen LogP contribution is -2.25. The van der Waals surface area contributed by atoms with E-state index in [2.05, 4.69) is 15.5 Å². The van der Waals surface area contributed by atoms with Crippen molar-refractivity contribution in [3.63, 3.8) is 0 Å². The van der Waals surface area contributed by atoms with Gasteiger partial charge in [-0.3, -0.25) is 18.6 Å². The fourth-order valence-electron chi connectivity index (χ4n) is 3.25. The Morgan fingerprint density at radius 2 is 1.97 bits per heavy atom. The van der Waals surface area contributed by atoms with Crippen LogP contribution < -0.4 is 10.9 Å². The first-order valence-electron chi connectivity index (χ1n) is 9.59. The maximum absolute atomic E-state index is 12.9. The van der Waals surface area contributed by atoms with Gasteiger partial charge in [-0.25, -0.2) is 0 Å². The van der Waals surface area contributed by atoms with Gasteiger partial charge in [0.25, 0.3) is 5.56 Å². The molecule has 2 aromatic carbocycles. The van der Waals surface area contributed by atoms with Crippen molar-refractivity contribution in [2.45, 2.75) is 31.6 Å². The molecule has 4 aromatic rings. The topological polar surface area (TPSA) is 81.3 Å². The van der Waals surface area contributed by atoms with E-state index in [9.17, 15) is 9.59 Å². The molecule has 0 radical (unpaired) electrons. The Morgan fingerprint density at radius 1 is 1.17 bits per heavy atom. The molecule has 4 rings (SSSR count). The van der Waals surface area contributed by atoms with Crippen molar-refractivity contribution < 1.29 is 4.79 Å². The van der Waals surface area contributed by atoms with Gasteiger partial charge < -0.3 is 5.32 Å². The fraction of sp³-hybridized carbons (Fsp3) is 0.238. The summed E-state index contributed by atoms with van der Waals surface area (Å²) < 4.78 is 3.42. The molecule has 1 amide bonds. The van der Waals surface area contributed by atoms with E-state index in [1.54, 1.807) is 22.8 Å². The maximum atomic E-state index is 12.9. The van der Waals surface area contributed by atoms with Gasteiger partial charge in [0.15, 0.2) is 5.16 Å².